The summed E-state index contributed by atoms with van der Waals surface area (Å²) in [6.45, 7) is 11.7. The molecule has 0 amide bonds. The highest BCUT2D eigenvalue weighted by atomic mass is 32.2. The highest BCUT2D eigenvalue weighted by Gasteiger charge is 2.16. The van der Waals surface area contributed by atoms with Crippen LogP contribution >= 0.6 is 11.3 Å². The SMILES string of the molecule is Cc1ccc(S(=O)(=O)OCCOCCN(c2cc3sc(C)nc3cc2C)C(C)C)cc1. The Morgan fingerprint density at radius 2 is 1.74 bits per heavy atom. The lowest BCUT2D eigenvalue weighted by Gasteiger charge is -2.30. The predicted molar refractivity (Wildman–Crippen MR) is 127 cm³/mol. The number of fused-ring (bicyclic) bond motifs is 1. The fraction of sp³-hybridized carbons (Fsp3) is 0.435. The van der Waals surface area contributed by atoms with Crippen LogP contribution in [0, 0.1) is 20.8 Å². The molecule has 6 nitrogen and oxygen atoms in total. The standard InChI is InChI=1S/C23H30N2O4S2/c1-16(2)25(22-15-23-21(14-18(22)4)24-19(5)30-23)10-11-28-12-13-29-31(26,27)20-8-6-17(3)7-9-20/h6-9,14-16H,10-13H2,1-5H3. The van der Waals surface area contributed by atoms with Crippen molar-refractivity contribution in [1.82, 2.24) is 4.98 Å². The summed E-state index contributed by atoms with van der Waals surface area (Å²) in [6, 6.07) is 11.2. The molecule has 0 fully saturated rings. The van der Waals surface area contributed by atoms with E-state index in [0.717, 1.165) is 16.1 Å². The molecule has 0 saturated carbocycles. The van der Waals surface area contributed by atoms with Gasteiger partial charge < -0.3 is 9.64 Å². The lowest BCUT2D eigenvalue weighted by atomic mass is 10.1. The first kappa shape index (κ1) is 23.7. The number of ether oxygens (including phenoxy) is 1. The van der Waals surface area contributed by atoms with Gasteiger partial charge >= 0.3 is 0 Å². The summed E-state index contributed by atoms with van der Waals surface area (Å²) in [7, 11) is -3.76. The number of anilines is 1. The molecule has 0 saturated heterocycles. The van der Waals surface area contributed by atoms with E-state index in [2.05, 4.69) is 42.8 Å². The van der Waals surface area contributed by atoms with E-state index in [1.807, 2.05) is 13.8 Å². The number of benzene rings is 2. The van der Waals surface area contributed by atoms with Gasteiger partial charge in [-0.1, -0.05) is 17.7 Å². The Hall–Kier alpha value is -2.00. The Bertz CT molecular complexity index is 1120. The van der Waals surface area contributed by atoms with Gasteiger partial charge in [0, 0.05) is 18.3 Å². The first-order valence-electron chi connectivity index (χ1n) is 10.4. The summed E-state index contributed by atoms with van der Waals surface area (Å²) in [5.74, 6) is 0. The second-order valence-electron chi connectivity index (χ2n) is 7.83. The molecule has 3 rings (SSSR count). The van der Waals surface area contributed by atoms with Crippen molar-refractivity contribution in [2.45, 2.75) is 45.6 Å². The third kappa shape index (κ3) is 6.04. The van der Waals surface area contributed by atoms with E-state index in [9.17, 15) is 8.42 Å². The van der Waals surface area contributed by atoms with Gasteiger partial charge in [0.05, 0.1) is 39.9 Å². The van der Waals surface area contributed by atoms with Gasteiger partial charge in [-0.15, -0.1) is 11.3 Å². The maximum Gasteiger partial charge on any atom is 0.297 e. The van der Waals surface area contributed by atoms with Crippen LogP contribution in [0.25, 0.3) is 10.2 Å². The summed E-state index contributed by atoms with van der Waals surface area (Å²) in [4.78, 5) is 7.03. The van der Waals surface area contributed by atoms with E-state index in [1.165, 1.54) is 16.0 Å². The highest BCUT2D eigenvalue weighted by Crippen LogP contribution is 2.31. The Kier molecular flexibility index (Phi) is 7.69. The van der Waals surface area contributed by atoms with E-state index in [0.29, 0.717) is 19.2 Å². The average Bonchev–Trinajstić information content (AvgIpc) is 3.06. The van der Waals surface area contributed by atoms with E-state index in [1.54, 1.807) is 35.6 Å². The molecule has 1 aromatic heterocycles. The van der Waals surface area contributed by atoms with Crippen molar-refractivity contribution in [2.24, 2.45) is 0 Å². The van der Waals surface area contributed by atoms with Gasteiger partial charge in [-0.3, -0.25) is 4.18 Å². The number of aryl methyl sites for hydroxylation is 3. The van der Waals surface area contributed by atoms with Crippen molar-refractivity contribution in [3.63, 3.8) is 0 Å². The first-order valence-corrected chi connectivity index (χ1v) is 12.6. The Morgan fingerprint density at radius 3 is 2.42 bits per heavy atom. The topological polar surface area (TPSA) is 68.7 Å². The smallest absolute Gasteiger partial charge is 0.297 e. The van der Waals surface area contributed by atoms with E-state index in [-0.39, 0.29) is 18.1 Å². The van der Waals surface area contributed by atoms with Crippen LogP contribution in [0.1, 0.15) is 30.0 Å². The Morgan fingerprint density at radius 1 is 1.03 bits per heavy atom. The van der Waals surface area contributed by atoms with Crippen LogP contribution in [0.15, 0.2) is 41.3 Å². The van der Waals surface area contributed by atoms with E-state index in [4.69, 9.17) is 8.92 Å². The van der Waals surface area contributed by atoms with Crippen LogP contribution < -0.4 is 4.90 Å². The Labute approximate surface area is 189 Å². The monoisotopic (exact) mass is 462 g/mol. The predicted octanol–water partition coefficient (Wildman–Crippen LogP) is 4.86. The number of nitrogens with zero attached hydrogens (tertiary/aromatic N) is 2. The highest BCUT2D eigenvalue weighted by molar-refractivity contribution is 7.86. The fourth-order valence-electron chi connectivity index (χ4n) is 3.39. The molecule has 1 heterocycles. The average molecular weight is 463 g/mol. The van der Waals surface area contributed by atoms with Gasteiger partial charge in [0.15, 0.2) is 0 Å². The van der Waals surface area contributed by atoms with Crippen LogP contribution in [0.5, 0.6) is 0 Å². The number of hydrogen-bond donors (Lipinski definition) is 0. The minimum absolute atomic E-state index is 0.0109. The van der Waals surface area contributed by atoms with Gasteiger partial charge in [-0.05, 0) is 64.4 Å². The van der Waals surface area contributed by atoms with E-state index >= 15 is 0 Å². The molecule has 0 aliphatic heterocycles. The van der Waals surface area contributed by atoms with Crippen LogP contribution in [-0.2, 0) is 19.0 Å². The molecule has 0 bridgehead atoms. The fourth-order valence-corrected chi connectivity index (χ4v) is 5.12. The van der Waals surface area contributed by atoms with Gasteiger partial charge in [-0.25, -0.2) is 4.98 Å². The minimum atomic E-state index is -3.76. The van der Waals surface area contributed by atoms with Crippen molar-refractivity contribution in [3.05, 3.63) is 52.5 Å². The van der Waals surface area contributed by atoms with Crippen molar-refractivity contribution in [1.29, 1.82) is 0 Å². The van der Waals surface area contributed by atoms with Gasteiger partial charge in [0.1, 0.15) is 0 Å². The summed E-state index contributed by atoms with van der Waals surface area (Å²) in [5.41, 5.74) is 4.39. The third-order valence-corrected chi connectivity index (χ3v) is 7.26. The number of aromatic nitrogens is 1. The molecule has 31 heavy (non-hydrogen) atoms. The zero-order valence-corrected chi connectivity index (χ0v) is 20.3. The van der Waals surface area contributed by atoms with Crippen LogP contribution in [-0.4, -0.2) is 45.8 Å². The molecule has 8 heteroatoms. The van der Waals surface area contributed by atoms with Crippen molar-refractivity contribution < 1.29 is 17.3 Å². The van der Waals surface area contributed by atoms with Crippen LogP contribution in [0.2, 0.25) is 0 Å². The van der Waals surface area contributed by atoms with Crippen LogP contribution in [0.4, 0.5) is 5.69 Å². The Balaban J connectivity index is 1.52. The molecular weight excluding hydrogens is 432 g/mol. The number of rotatable bonds is 10. The second kappa shape index (κ2) is 10.1. The van der Waals surface area contributed by atoms with Crippen molar-refractivity contribution in [2.75, 3.05) is 31.3 Å². The lowest BCUT2D eigenvalue weighted by Crippen LogP contribution is -2.34. The van der Waals surface area contributed by atoms with Crippen molar-refractivity contribution in [3.8, 4) is 0 Å². The molecule has 2 aromatic carbocycles. The number of thiazole rings is 1. The zero-order valence-electron chi connectivity index (χ0n) is 18.7. The second-order valence-corrected chi connectivity index (χ2v) is 10.7. The molecule has 0 aliphatic carbocycles. The molecule has 0 spiro atoms. The largest absolute Gasteiger partial charge is 0.377 e. The molecule has 168 valence electrons. The summed E-state index contributed by atoms with van der Waals surface area (Å²) in [5, 5.41) is 1.06. The first-order chi connectivity index (χ1) is 14.7. The maximum atomic E-state index is 12.2. The molecule has 0 aliphatic rings. The molecule has 0 N–H and O–H groups in total. The summed E-state index contributed by atoms with van der Waals surface area (Å²) >= 11 is 1.70. The lowest BCUT2D eigenvalue weighted by molar-refractivity contribution is 0.106. The van der Waals surface area contributed by atoms with Gasteiger partial charge in [-0.2, -0.15) is 8.42 Å². The zero-order chi connectivity index (χ0) is 22.6. The quantitative estimate of drug-likeness (QED) is 0.317. The van der Waals surface area contributed by atoms with Crippen molar-refractivity contribution >= 4 is 37.4 Å². The molecule has 0 atom stereocenters. The van der Waals surface area contributed by atoms with E-state index < -0.39 is 10.1 Å². The molecule has 0 unspecified atom stereocenters. The molecular formula is C23H30N2O4S2. The number of hydrogen-bond acceptors (Lipinski definition) is 7. The normalized spacial score (nSPS) is 12.1. The maximum absolute atomic E-state index is 12.2. The third-order valence-electron chi connectivity index (χ3n) is 5.00. The summed E-state index contributed by atoms with van der Waals surface area (Å²) in [6.07, 6.45) is 0. The minimum Gasteiger partial charge on any atom is -0.377 e. The van der Waals surface area contributed by atoms with Gasteiger partial charge in [0.2, 0.25) is 0 Å². The molecule has 3 aromatic rings. The molecule has 0 radical (unpaired) electrons. The van der Waals surface area contributed by atoms with Crippen LogP contribution in [0.3, 0.4) is 0 Å². The van der Waals surface area contributed by atoms with Gasteiger partial charge in [0.25, 0.3) is 10.1 Å². The summed E-state index contributed by atoms with van der Waals surface area (Å²) < 4.78 is 36.4.